The predicted octanol–water partition coefficient (Wildman–Crippen LogP) is 2.52. The van der Waals surface area contributed by atoms with Crippen LogP contribution in [0.5, 0.6) is 5.75 Å². The van der Waals surface area contributed by atoms with Crippen LogP contribution in [0.4, 0.5) is 0 Å². The molecule has 0 radical (unpaired) electrons. The molecule has 1 heterocycles. The van der Waals surface area contributed by atoms with Crippen molar-refractivity contribution in [2.24, 2.45) is 7.05 Å². The summed E-state index contributed by atoms with van der Waals surface area (Å²) in [4.78, 5) is 12.0. The molecule has 6 heteroatoms. The zero-order valence-corrected chi connectivity index (χ0v) is 11.7. The summed E-state index contributed by atoms with van der Waals surface area (Å²) in [5.41, 5.74) is 1.64. The van der Waals surface area contributed by atoms with E-state index >= 15 is 0 Å². The molecule has 19 heavy (non-hydrogen) atoms. The van der Waals surface area contributed by atoms with Gasteiger partial charge in [-0.25, -0.2) is 4.79 Å². The summed E-state index contributed by atoms with van der Waals surface area (Å²) in [6.45, 7) is 0. The van der Waals surface area contributed by atoms with E-state index in [9.17, 15) is 4.79 Å². The molecule has 0 unspecified atom stereocenters. The lowest BCUT2D eigenvalue weighted by atomic mass is 10.1. The predicted molar refractivity (Wildman–Crippen MR) is 73.9 cm³/mol. The normalized spacial score (nSPS) is 10.5. The Labute approximate surface area is 115 Å². The fraction of sp³-hybridized carbons (Fsp3) is 0.231. The van der Waals surface area contributed by atoms with Crippen LogP contribution in [0.2, 0.25) is 0 Å². The highest BCUT2D eigenvalue weighted by Crippen LogP contribution is 2.32. The first-order chi connectivity index (χ1) is 9.06. The standard InChI is InChI=1S/C13H14N2O3S/c1-15-10(7-9(14-15)13(16)17)8-4-5-12(19-3)11(6-8)18-2/h4-7H,1-3H3,(H,16,17). The molecule has 1 aromatic heterocycles. The Hall–Kier alpha value is -1.95. The molecule has 0 amide bonds. The fourth-order valence-electron chi connectivity index (χ4n) is 1.84. The minimum atomic E-state index is -1.03. The zero-order chi connectivity index (χ0) is 14.0. The van der Waals surface area contributed by atoms with Gasteiger partial charge in [-0.15, -0.1) is 11.8 Å². The molecule has 0 saturated heterocycles. The highest BCUT2D eigenvalue weighted by molar-refractivity contribution is 7.98. The molecule has 0 fully saturated rings. The molecule has 5 nitrogen and oxygen atoms in total. The maximum absolute atomic E-state index is 10.9. The average Bonchev–Trinajstić information content (AvgIpc) is 2.80. The van der Waals surface area contributed by atoms with Crippen molar-refractivity contribution in [3.8, 4) is 17.0 Å². The monoisotopic (exact) mass is 278 g/mol. The van der Waals surface area contributed by atoms with Gasteiger partial charge in [-0.05, 0) is 24.5 Å². The van der Waals surface area contributed by atoms with Crippen molar-refractivity contribution in [1.82, 2.24) is 9.78 Å². The summed E-state index contributed by atoms with van der Waals surface area (Å²) in [5.74, 6) is -0.266. The maximum Gasteiger partial charge on any atom is 0.356 e. The zero-order valence-electron chi connectivity index (χ0n) is 10.9. The van der Waals surface area contributed by atoms with Gasteiger partial charge in [-0.1, -0.05) is 6.07 Å². The second kappa shape index (κ2) is 5.36. The Balaban J connectivity index is 2.50. The highest BCUT2D eigenvalue weighted by Gasteiger charge is 2.14. The molecule has 1 N–H and O–H groups in total. The van der Waals surface area contributed by atoms with Crippen molar-refractivity contribution in [2.45, 2.75) is 4.90 Å². The van der Waals surface area contributed by atoms with Gasteiger partial charge >= 0.3 is 5.97 Å². The number of methoxy groups -OCH3 is 1. The minimum Gasteiger partial charge on any atom is -0.496 e. The lowest BCUT2D eigenvalue weighted by Crippen LogP contribution is -1.99. The number of carboxylic acid groups (broad SMARTS) is 1. The molecule has 0 saturated carbocycles. The van der Waals surface area contributed by atoms with Crippen LogP contribution in [0.3, 0.4) is 0 Å². The first-order valence-corrected chi connectivity index (χ1v) is 6.79. The summed E-state index contributed by atoms with van der Waals surface area (Å²) in [6.07, 6.45) is 1.98. The summed E-state index contributed by atoms with van der Waals surface area (Å²) in [7, 11) is 3.33. The van der Waals surface area contributed by atoms with Gasteiger partial charge in [-0.3, -0.25) is 4.68 Å². The third-order valence-corrected chi connectivity index (χ3v) is 3.56. The van der Waals surface area contributed by atoms with Crippen molar-refractivity contribution in [2.75, 3.05) is 13.4 Å². The van der Waals surface area contributed by atoms with Crippen LogP contribution in [0.15, 0.2) is 29.2 Å². The van der Waals surface area contributed by atoms with E-state index in [1.54, 1.807) is 36.7 Å². The number of ether oxygens (including phenoxy) is 1. The molecule has 0 bridgehead atoms. The van der Waals surface area contributed by atoms with E-state index in [4.69, 9.17) is 9.84 Å². The van der Waals surface area contributed by atoms with E-state index in [1.807, 2.05) is 24.5 Å². The van der Waals surface area contributed by atoms with E-state index in [0.717, 1.165) is 21.9 Å². The smallest absolute Gasteiger partial charge is 0.356 e. The number of thioether (sulfide) groups is 1. The van der Waals surface area contributed by atoms with Crippen molar-refractivity contribution >= 4 is 17.7 Å². The lowest BCUT2D eigenvalue weighted by Gasteiger charge is -2.08. The number of aromatic carboxylic acids is 1. The number of aromatic nitrogens is 2. The number of nitrogens with zero attached hydrogens (tertiary/aromatic N) is 2. The van der Waals surface area contributed by atoms with E-state index in [0.29, 0.717) is 0 Å². The van der Waals surface area contributed by atoms with Gasteiger partial charge < -0.3 is 9.84 Å². The van der Waals surface area contributed by atoms with Crippen molar-refractivity contribution < 1.29 is 14.6 Å². The fourth-order valence-corrected chi connectivity index (χ4v) is 2.39. The van der Waals surface area contributed by atoms with Gasteiger partial charge in [0.1, 0.15) is 5.75 Å². The maximum atomic E-state index is 10.9. The van der Waals surface area contributed by atoms with Gasteiger partial charge in [0, 0.05) is 17.5 Å². The Kier molecular flexibility index (Phi) is 3.80. The van der Waals surface area contributed by atoms with E-state index in [2.05, 4.69) is 5.10 Å². The van der Waals surface area contributed by atoms with Crippen LogP contribution in [0.25, 0.3) is 11.3 Å². The average molecular weight is 278 g/mol. The first-order valence-electron chi connectivity index (χ1n) is 5.56. The van der Waals surface area contributed by atoms with Crippen LogP contribution in [-0.4, -0.2) is 34.2 Å². The number of carbonyl (C=O) groups is 1. The Morgan fingerprint density at radius 3 is 2.68 bits per heavy atom. The molecule has 1 aromatic carbocycles. The van der Waals surface area contributed by atoms with Crippen LogP contribution in [0, 0.1) is 0 Å². The molecule has 0 aliphatic rings. The molecular weight excluding hydrogens is 264 g/mol. The molecule has 2 aromatic rings. The van der Waals surface area contributed by atoms with Crippen molar-refractivity contribution in [3.63, 3.8) is 0 Å². The van der Waals surface area contributed by atoms with Gasteiger partial charge in [0.15, 0.2) is 5.69 Å². The van der Waals surface area contributed by atoms with Gasteiger partial charge in [-0.2, -0.15) is 5.10 Å². The first kappa shape index (κ1) is 13.5. The number of hydrogen-bond donors (Lipinski definition) is 1. The Morgan fingerprint density at radius 1 is 1.42 bits per heavy atom. The third-order valence-electron chi connectivity index (χ3n) is 2.78. The quantitative estimate of drug-likeness (QED) is 0.871. The summed E-state index contributed by atoms with van der Waals surface area (Å²) in [5, 5.41) is 12.9. The topological polar surface area (TPSA) is 64.3 Å². The van der Waals surface area contributed by atoms with Gasteiger partial charge in [0.2, 0.25) is 0 Å². The molecule has 0 aliphatic heterocycles. The number of carboxylic acids is 1. The van der Waals surface area contributed by atoms with Crippen molar-refractivity contribution in [3.05, 3.63) is 30.0 Å². The molecule has 0 spiro atoms. The number of aryl methyl sites for hydroxylation is 1. The van der Waals surface area contributed by atoms with Crippen molar-refractivity contribution in [1.29, 1.82) is 0 Å². The summed E-state index contributed by atoms with van der Waals surface area (Å²) < 4.78 is 6.88. The van der Waals surface area contributed by atoms with Gasteiger partial charge in [0.05, 0.1) is 12.8 Å². The van der Waals surface area contributed by atoms with E-state index < -0.39 is 5.97 Å². The minimum absolute atomic E-state index is 0.0328. The summed E-state index contributed by atoms with van der Waals surface area (Å²) in [6, 6.07) is 7.31. The number of benzene rings is 1. The molecule has 0 aliphatic carbocycles. The van der Waals surface area contributed by atoms with E-state index in [-0.39, 0.29) is 5.69 Å². The second-order valence-corrected chi connectivity index (χ2v) is 4.76. The van der Waals surface area contributed by atoms with Crippen LogP contribution in [0.1, 0.15) is 10.5 Å². The Morgan fingerprint density at radius 2 is 2.16 bits per heavy atom. The van der Waals surface area contributed by atoms with Crippen LogP contribution in [-0.2, 0) is 7.05 Å². The molecule has 2 rings (SSSR count). The van der Waals surface area contributed by atoms with Gasteiger partial charge in [0.25, 0.3) is 0 Å². The molecule has 100 valence electrons. The Bertz CT molecular complexity index is 622. The molecule has 0 atom stereocenters. The second-order valence-electron chi connectivity index (χ2n) is 3.91. The largest absolute Gasteiger partial charge is 0.496 e. The highest BCUT2D eigenvalue weighted by atomic mass is 32.2. The number of rotatable bonds is 4. The molecular formula is C13H14N2O3S. The lowest BCUT2D eigenvalue weighted by molar-refractivity contribution is 0.0689. The third kappa shape index (κ3) is 2.58. The van der Waals surface area contributed by atoms with Crippen LogP contribution < -0.4 is 4.74 Å². The summed E-state index contributed by atoms with van der Waals surface area (Å²) >= 11 is 1.60. The number of hydrogen-bond acceptors (Lipinski definition) is 4. The van der Waals surface area contributed by atoms with E-state index in [1.165, 1.54) is 0 Å². The SMILES string of the molecule is COc1cc(-c2cc(C(=O)O)nn2C)ccc1SC. The van der Waals surface area contributed by atoms with Crippen LogP contribution >= 0.6 is 11.8 Å².